The SMILES string of the molecule is O=C(CCO)Nc1cc(Br)ccc1F. The van der Waals surface area contributed by atoms with Crippen LogP contribution in [0.15, 0.2) is 22.7 Å². The van der Waals surface area contributed by atoms with E-state index in [9.17, 15) is 9.18 Å². The summed E-state index contributed by atoms with van der Waals surface area (Å²) in [6.45, 7) is -0.249. The Morgan fingerprint density at radius 3 is 2.93 bits per heavy atom. The van der Waals surface area contributed by atoms with Gasteiger partial charge in [0.25, 0.3) is 0 Å². The molecule has 0 saturated carbocycles. The molecule has 5 heteroatoms. The van der Waals surface area contributed by atoms with E-state index in [0.29, 0.717) is 4.47 Å². The summed E-state index contributed by atoms with van der Waals surface area (Å²) >= 11 is 3.16. The molecule has 0 aliphatic rings. The Morgan fingerprint density at radius 2 is 2.29 bits per heavy atom. The molecule has 0 aliphatic heterocycles. The summed E-state index contributed by atoms with van der Waals surface area (Å²) in [5.41, 5.74) is 0.109. The molecule has 0 aliphatic carbocycles. The molecule has 1 aromatic rings. The van der Waals surface area contributed by atoms with Crippen LogP contribution in [0.4, 0.5) is 10.1 Å². The van der Waals surface area contributed by atoms with Crippen molar-refractivity contribution in [2.24, 2.45) is 0 Å². The minimum atomic E-state index is -0.500. The zero-order valence-electron chi connectivity index (χ0n) is 7.26. The molecule has 0 spiro atoms. The van der Waals surface area contributed by atoms with Crippen LogP contribution in [0, 0.1) is 5.82 Å². The van der Waals surface area contributed by atoms with Gasteiger partial charge >= 0.3 is 0 Å². The smallest absolute Gasteiger partial charge is 0.226 e. The number of carbonyl (C=O) groups is 1. The van der Waals surface area contributed by atoms with Crippen LogP contribution in [0.1, 0.15) is 6.42 Å². The second-order valence-corrected chi connectivity index (χ2v) is 3.56. The Morgan fingerprint density at radius 1 is 1.57 bits per heavy atom. The summed E-state index contributed by atoms with van der Waals surface area (Å²) in [6.07, 6.45) is -0.0358. The first-order chi connectivity index (χ1) is 6.63. The lowest BCUT2D eigenvalue weighted by Gasteiger charge is -2.05. The molecule has 0 fully saturated rings. The van der Waals surface area contributed by atoms with Crippen molar-refractivity contribution in [3.8, 4) is 0 Å². The van der Waals surface area contributed by atoms with Crippen LogP contribution in [0.25, 0.3) is 0 Å². The summed E-state index contributed by atoms with van der Waals surface area (Å²) in [6, 6.07) is 4.25. The van der Waals surface area contributed by atoms with E-state index in [4.69, 9.17) is 5.11 Å². The fourth-order valence-electron chi connectivity index (χ4n) is 0.908. The number of rotatable bonds is 3. The highest BCUT2D eigenvalue weighted by Gasteiger charge is 2.06. The molecule has 1 aromatic carbocycles. The van der Waals surface area contributed by atoms with Gasteiger partial charge in [-0.2, -0.15) is 0 Å². The second kappa shape index (κ2) is 5.07. The fraction of sp³-hybridized carbons (Fsp3) is 0.222. The number of aliphatic hydroxyl groups is 1. The number of halogens is 2. The van der Waals surface area contributed by atoms with Crippen molar-refractivity contribution < 1.29 is 14.3 Å². The Balaban J connectivity index is 2.75. The van der Waals surface area contributed by atoms with Crippen molar-refractivity contribution in [1.82, 2.24) is 0 Å². The third-order valence-electron chi connectivity index (χ3n) is 1.54. The lowest BCUT2D eigenvalue weighted by molar-refractivity contribution is -0.116. The Bertz CT molecular complexity index is 344. The maximum absolute atomic E-state index is 13.1. The summed E-state index contributed by atoms with van der Waals surface area (Å²) < 4.78 is 13.8. The first-order valence-electron chi connectivity index (χ1n) is 3.99. The van der Waals surface area contributed by atoms with Gasteiger partial charge in [0.2, 0.25) is 5.91 Å². The van der Waals surface area contributed by atoms with Gasteiger partial charge in [0.05, 0.1) is 18.7 Å². The van der Waals surface area contributed by atoms with Gasteiger partial charge in [0.15, 0.2) is 0 Å². The molecule has 0 saturated heterocycles. The maximum atomic E-state index is 13.1. The predicted octanol–water partition coefficient (Wildman–Crippen LogP) is 1.91. The highest BCUT2D eigenvalue weighted by Crippen LogP contribution is 2.19. The van der Waals surface area contributed by atoms with E-state index >= 15 is 0 Å². The van der Waals surface area contributed by atoms with Gasteiger partial charge in [-0.1, -0.05) is 15.9 Å². The average Bonchev–Trinajstić information content (AvgIpc) is 2.12. The summed E-state index contributed by atoms with van der Waals surface area (Å²) in [4.78, 5) is 11.0. The second-order valence-electron chi connectivity index (χ2n) is 2.65. The van der Waals surface area contributed by atoms with Gasteiger partial charge in [-0.3, -0.25) is 4.79 Å². The van der Waals surface area contributed by atoms with Crippen LogP contribution >= 0.6 is 15.9 Å². The minimum absolute atomic E-state index is 0.0358. The van der Waals surface area contributed by atoms with E-state index in [2.05, 4.69) is 21.2 Å². The Kier molecular flexibility index (Phi) is 4.03. The molecule has 0 bridgehead atoms. The van der Waals surface area contributed by atoms with E-state index in [-0.39, 0.29) is 18.7 Å². The molecule has 1 amide bonds. The first-order valence-corrected chi connectivity index (χ1v) is 4.78. The van der Waals surface area contributed by atoms with Crippen LogP contribution in [0.2, 0.25) is 0 Å². The van der Waals surface area contributed by atoms with Crippen molar-refractivity contribution in [2.45, 2.75) is 6.42 Å². The number of amides is 1. The quantitative estimate of drug-likeness (QED) is 0.874. The average molecular weight is 262 g/mol. The number of hydrogen-bond donors (Lipinski definition) is 2. The fourth-order valence-corrected chi connectivity index (χ4v) is 1.27. The minimum Gasteiger partial charge on any atom is -0.396 e. The van der Waals surface area contributed by atoms with E-state index in [0.717, 1.165) is 0 Å². The third-order valence-corrected chi connectivity index (χ3v) is 2.03. The highest BCUT2D eigenvalue weighted by molar-refractivity contribution is 9.10. The number of aliphatic hydroxyl groups excluding tert-OH is 1. The summed E-state index contributed by atoms with van der Waals surface area (Å²) in [5.74, 6) is -0.913. The van der Waals surface area contributed by atoms with Crippen LogP contribution in [0.5, 0.6) is 0 Å². The monoisotopic (exact) mass is 261 g/mol. The molecule has 1 rings (SSSR count). The summed E-state index contributed by atoms with van der Waals surface area (Å²) in [5, 5.41) is 10.8. The molecule has 2 N–H and O–H groups in total. The van der Waals surface area contributed by atoms with Gasteiger partial charge in [-0.25, -0.2) is 4.39 Å². The zero-order chi connectivity index (χ0) is 10.6. The normalized spacial score (nSPS) is 9.93. The van der Waals surface area contributed by atoms with E-state index < -0.39 is 11.7 Å². The molecule has 14 heavy (non-hydrogen) atoms. The molecular weight excluding hydrogens is 253 g/mol. The highest BCUT2D eigenvalue weighted by atomic mass is 79.9. The Labute approximate surface area is 89.1 Å². The molecule has 76 valence electrons. The van der Waals surface area contributed by atoms with Crippen LogP contribution < -0.4 is 5.32 Å². The standard InChI is InChI=1S/C9H9BrFNO2/c10-6-1-2-7(11)8(5-6)12-9(14)3-4-13/h1-2,5,13H,3-4H2,(H,12,14). The van der Waals surface area contributed by atoms with Crippen molar-refractivity contribution in [3.63, 3.8) is 0 Å². The lowest BCUT2D eigenvalue weighted by Crippen LogP contribution is -2.13. The van der Waals surface area contributed by atoms with Gasteiger partial charge in [0.1, 0.15) is 5.82 Å². The van der Waals surface area contributed by atoms with Crippen molar-refractivity contribution in [3.05, 3.63) is 28.5 Å². The van der Waals surface area contributed by atoms with Crippen LogP contribution in [-0.4, -0.2) is 17.6 Å². The lowest BCUT2D eigenvalue weighted by atomic mass is 10.3. The molecule has 0 atom stereocenters. The number of anilines is 1. The molecular formula is C9H9BrFNO2. The van der Waals surface area contributed by atoms with Crippen molar-refractivity contribution in [1.29, 1.82) is 0 Å². The first kappa shape index (κ1) is 11.1. The largest absolute Gasteiger partial charge is 0.396 e. The van der Waals surface area contributed by atoms with Gasteiger partial charge in [-0.05, 0) is 18.2 Å². The van der Waals surface area contributed by atoms with E-state index in [1.54, 1.807) is 0 Å². The zero-order valence-corrected chi connectivity index (χ0v) is 8.84. The maximum Gasteiger partial charge on any atom is 0.226 e. The number of carbonyl (C=O) groups excluding carboxylic acids is 1. The number of nitrogens with one attached hydrogen (secondary N) is 1. The summed E-state index contributed by atoms with van der Waals surface area (Å²) in [7, 11) is 0. The van der Waals surface area contributed by atoms with Crippen LogP contribution in [-0.2, 0) is 4.79 Å². The Hall–Kier alpha value is -0.940. The topological polar surface area (TPSA) is 49.3 Å². The van der Waals surface area contributed by atoms with Crippen molar-refractivity contribution >= 4 is 27.5 Å². The molecule has 0 aromatic heterocycles. The number of benzene rings is 1. The molecule has 3 nitrogen and oxygen atoms in total. The van der Waals surface area contributed by atoms with Gasteiger partial charge < -0.3 is 10.4 Å². The third kappa shape index (κ3) is 3.08. The molecule has 0 heterocycles. The van der Waals surface area contributed by atoms with Crippen LogP contribution in [0.3, 0.4) is 0 Å². The predicted molar refractivity (Wildman–Crippen MR) is 54.4 cm³/mol. The van der Waals surface area contributed by atoms with E-state index in [1.807, 2.05) is 0 Å². The molecule has 0 radical (unpaired) electrons. The van der Waals surface area contributed by atoms with Gasteiger partial charge in [-0.15, -0.1) is 0 Å². The van der Waals surface area contributed by atoms with Gasteiger partial charge in [0, 0.05) is 4.47 Å². The number of hydrogen-bond acceptors (Lipinski definition) is 2. The molecule has 0 unspecified atom stereocenters. The van der Waals surface area contributed by atoms with E-state index in [1.165, 1.54) is 18.2 Å². The van der Waals surface area contributed by atoms with Crippen molar-refractivity contribution in [2.75, 3.05) is 11.9 Å².